The largest absolute Gasteiger partial charge is 0.502 e. The van der Waals surface area contributed by atoms with Gasteiger partial charge in [-0.2, -0.15) is 0 Å². The molecule has 8 nitrogen and oxygen atoms in total. The Bertz CT molecular complexity index is 196. The average molecular weight is 336 g/mol. The van der Waals surface area contributed by atoms with E-state index < -0.39 is 40.4 Å². The molecule has 0 aromatic rings. The molecular weight excluding hydrogens is 311 g/mol. The molecule has 0 aromatic carbocycles. The normalized spacial score (nSPS) is 10.2. The van der Waals surface area contributed by atoms with Crippen LogP contribution in [0.3, 0.4) is 0 Å². The van der Waals surface area contributed by atoms with Crippen molar-refractivity contribution in [2.24, 2.45) is 5.41 Å². The smallest absolute Gasteiger partial charge is 0.327 e. The lowest BCUT2D eigenvalue weighted by Gasteiger charge is -2.23. The third-order valence-corrected chi connectivity index (χ3v) is 2.67. The van der Waals surface area contributed by atoms with Gasteiger partial charge in [0.1, 0.15) is 0 Å². The van der Waals surface area contributed by atoms with E-state index in [1.165, 1.54) is 0 Å². The van der Waals surface area contributed by atoms with Crippen LogP contribution >= 0.6 is 20.8 Å². The topological polar surface area (TPSA) is 151 Å². The Morgan fingerprint density at radius 3 is 1.30 bits per heavy atom. The second kappa shape index (κ2) is 17.1. The van der Waals surface area contributed by atoms with Crippen molar-refractivity contribution in [1.29, 1.82) is 0 Å². The van der Waals surface area contributed by atoms with Gasteiger partial charge in [0.15, 0.2) is 5.05 Å². The third-order valence-electron chi connectivity index (χ3n) is 1.89. The number of rotatable bonds is 7. The summed E-state index contributed by atoms with van der Waals surface area (Å²) in [5.41, 5.74) is -1.11. The Balaban J connectivity index is -0.000000230. The molecule has 0 saturated heterocycles. The zero-order valence-corrected chi connectivity index (χ0v) is 13.3. The summed E-state index contributed by atoms with van der Waals surface area (Å²) >= 11 is 4.25. The van der Waals surface area contributed by atoms with Crippen LogP contribution in [-0.4, -0.2) is 73.4 Å². The van der Waals surface area contributed by atoms with E-state index in [0.717, 1.165) is 0 Å². The maximum Gasteiger partial charge on any atom is 0.327 e. The van der Waals surface area contributed by atoms with Crippen molar-refractivity contribution >= 4 is 25.9 Å². The van der Waals surface area contributed by atoms with Gasteiger partial charge in [0.2, 0.25) is 0 Å². The van der Waals surface area contributed by atoms with Crippen LogP contribution in [0, 0.1) is 5.41 Å². The molecule has 0 heterocycles. The maximum absolute atomic E-state index is 8.50. The molecule has 0 aromatic heterocycles. The van der Waals surface area contributed by atoms with E-state index in [9.17, 15) is 0 Å². The highest BCUT2D eigenvalue weighted by atomic mass is 32.1. The number of thiocarbonyl (C=S) groups is 1. The number of aliphatic hydroxyl groups excluding tert-OH is 5. The van der Waals surface area contributed by atoms with Crippen molar-refractivity contribution in [2.75, 3.05) is 33.0 Å². The van der Waals surface area contributed by atoms with Crippen molar-refractivity contribution in [3.63, 3.8) is 0 Å². The number of hydrogen-bond acceptors (Lipinski definition) is 8. The minimum absolute atomic E-state index is 0.0880. The Morgan fingerprint density at radius 1 is 1.00 bits per heavy atom. The molecule has 10 heteroatoms. The van der Waals surface area contributed by atoms with Crippen LogP contribution in [0.4, 0.5) is 0 Å². The Kier molecular flexibility index (Phi) is 21.4. The number of hydrogen-bond donors (Lipinski definition) is 7. The summed E-state index contributed by atoms with van der Waals surface area (Å²) in [6.45, 7) is 2.24. The molecule has 0 fully saturated rings. The predicted octanol–water partition coefficient (Wildman–Crippen LogP) is -0.542. The summed E-state index contributed by atoms with van der Waals surface area (Å²) in [5, 5.41) is 42.2. The molecular formula is C10H25O8PS. The fourth-order valence-corrected chi connectivity index (χ4v) is 0.646. The Hall–Kier alpha value is 0.0400. The van der Waals surface area contributed by atoms with Crippen LogP contribution in [-0.2, 0) is 4.52 Å². The first-order chi connectivity index (χ1) is 9.28. The minimum Gasteiger partial charge on any atom is -0.502 e. The first kappa shape index (κ1) is 25.0. The molecule has 0 unspecified atom stereocenters. The highest BCUT2D eigenvalue weighted by molar-refractivity contribution is 7.80. The lowest BCUT2D eigenvalue weighted by atomic mass is 9.93. The molecule has 0 amide bonds. The van der Waals surface area contributed by atoms with Gasteiger partial charge in [-0.15, -0.1) is 0 Å². The zero-order valence-electron chi connectivity index (χ0n) is 11.6. The van der Waals surface area contributed by atoms with Crippen molar-refractivity contribution < 1.29 is 39.8 Å². The minimum atomic E-state index is -2.10. The van der Waals surface area contributed by atoms with E-state index in [-0.39, 0.29) is 5.05 Å². The van der Waals surface area contributed by atoms with Crippen LogP contribution in [0.2, 0.25) is 0 Å². The molecule has 124 valence electrons. The summed E-state index contributed by atoms with van der Waals surface area (Å²) in [5.74, 6) is 0. The Labute approximate surface area is 125 Å². The van der Waals surface area contributed by atoms with Crippen LogP contribution in [0.5, 0.6) is 0 Å². The van der Waals surface area contributed by atoms with Gasteiger partial charge in [-0.05, 0) is 19.1 Å². The molecule has 0 aliphatic carbocycles. The second-order valence-corrected chi connectivity index (χ2v) is 4.79. The summed E-state index contributed by atoms with van der Waals surface area (Å²) in [6.07, 6.45) is 0.593. The molecule has 0 aliphatic heterocycles. The zero-order chi connectivity index (χ0) is 16.6. The van der Waals surface area contributed by atoms with Gasteiger partial charge >= 0.3 is 8.60 Å². The third kappa shape index (κ3) is 18.0. The lowest BCUT2D eigenvalue weighted by molar-refractivity contribution is -0.0328. The first-order valence-electron chi connectivity index (χ1n) is 5.75. The van der Waals surface area contributed by atoms with Crippen LogP contribution < -0.4 is 0 Å². The number of aliphatic hydroxyl groups is 5. The van der Waals surface area contributed by atoms with Crippen molar-refractivity contribution in [1.82, 2.24) is 0 Å². The van der Waals surface area contributed by atoms with E-state index in [1.54, 1.807) is 6.92 Å². The summed E-state index contributed by atoms with van der Waals surface area (Å²) in [4.78, 5) is 15.9. The van der Waals surface area contributed by atoms with Gasteiger partial charge < -0.3 is 39.8 Å². The SMILES string of the molecule is CCC(O)=S.CCOP(O)O.OCC(CO)(CO)CO. The van der Waals surface area contributed by atoms with Gasteiger partial charge in [-0.25, -0.2) is 0 Å². The molecule has 0 rings (SSSR count). The second-order valence-electron chi connectivity index (χ2n) is 3.55. The van der Waals surface area contributed by atoms with Gasteiger partial charge in [-0.1, -0.05) is 6.92 Å². The van der Waals surface area contributed by atoms with E-state index in [2.05, 4.69) is 16.7 Å². The standard InChI is InChI=1S/C5H12O4.C3H6OS.C2H7O3P/c6-1-5(2-7,3-8)4-9;1-2-3(4)5;1-2-5-6(3)4/h6-9H,1-4H2;2H2,1H3,(H,4,5);3-4H,2H2,1H3. The van der Waals surface area contributed by atoms with E-state index in [4.69, 9.17) is 35.3 Å². The molecule has 0 spiro atoms. The molecule has 20 heavy (non-hydrogen) atoms. The van der Waals surface area contributed by atoms with Crippen molar-refractivity contribution in [3.05, 3.63) is 0 Å². The van der Waals surface area contributed by atoms with E-state index in [1.807, 2.05) is 6.92 Å². The summed E-state index contributed by atoms with van der Waals surface area (Å²) < 4.78 is 4.22. The molecule has 0 saturated carbocycles. The fraction of sp³-hybridized carbons (Fsp3) is 0.900. The van der Waals surface area contributed by atoms with E-state index in [0.29, 0.717) is 13.0 Å². The molecule has 0 bridgehead atoms. The Morgan fingerprint density at radius 2 is 1.30 bits per heavy atom. The van der Waals surface area contributed by atoms with Crippen molar-refractivity contribution in [3.8, 4) is 0 Å². The van der Waals surface area contributed by atoms with Gasteiger partial charge in [0.05, 0.1) is 38.4 Å². The van der Waals surface area contributed by atoms with Crippen LogP contribution in [0.25, 0.3) is 0 Å². The predicted molar refractivity (Wildman–Crippen MR) is 79.3 cm³/mol. The first-order valence-corrected chi connectivity index (χ1v) is 7.32. The molecule has 0 radical (unpaired) electrons. The molecule has 0 aliphatic rings. The summed E-state index contributed by atoms with van der Waals surface area (Å²) in [7, 11) is -2.10. The van der Waals surface area contributed by atoms with E-state index >= 15 is 0 Å². The van der Waals surface area contributed by atoms with Crippen molar-refractivity contribution in [2.45, 2.75) is 20.3 Å². The van der Waals surface area contributed by atoms with Gasteiger partial charge in [0, 0.05) is 6.42 Å². The monoisotopic (exact) mass is 336 g/mol. The molecule has 7 N–H and O–H groups in total. The molecule has 0 atom stereocenters. The van der Waals surface area contributed by atoms with Crippen LogP contribution in [0.15, 0.2) is 0 Å². The fourth-order valence-electron chi connectivity index (χ4n) is 0.415. The summed E-state index contributed by atoms with van der Waals surface area (Å²) in [6, 6.07) is 0. The maximum atomic E-state index is 8.50. The van der Waals surface area contributed by atoms with Gasteiger partial charge in [0.25, 0.3) is 0 Å². The highest BCUT2D eigenvalue weighted by Gasteiger charge is 2.26. The van der Waals surface area contributed by atoms with Crippen LogP contribution in [0.1, 0.15) is 20.3 Å². The highest BCUT2D eigenvalue weighted by Crippen LogP contribution is 2.22. The van der Waals surface area contributed by atoms with Gasteiger partial charge in [-0.3, -0.25) is 0 Å². The lowest BCUT2D eigenvalue weighted by Crippen LogP contribution is -2.37. The average Bonchev–Trinajstić information content (AvgIpc) is 2.43. The quantitative estimate of drug-likeness (QED) is 0.240.